The number of nitrogens with one attached hydrogen (secondary N) is 2. The van der Waals surface area contributed by atoms with E-state index in [9.17, 15) is 9.59 Å². The fourth-order valence-corrected chi connectivity index (χ4v) is 3.55. The molecule has 4 rings (SSSR count). The molecule has 6 nitrogen and oxygen atoms in total. The number of Topliss-reactive ketones (excluding diaryl/α,β-unsaturated/α-hetero) is 1. The minimum atomic E-state index is -0.274. The number of fused-ring (bicyclic) bond motifs is 2. The van der Waals surface area contributed by atoms with E-state index >= 15 is 0 Å². The zero-order chi connectivity index (χ0) is 16.7. The van der Waals surface area contributed by atoms with Gasteiger partial charge in [0.25, 0.3) is 0 Å². The van der Waals surface area contributed by atoms with Gasteiger partial charge in [-0.2, -0.15) is 0 Å². The van der Waals surface area contributed by atoms with Crippen molar-refractivity contribution in [1.29, 1.82) is 0 Å². The molecule has 0 amide bonds. The molecule has 0 bridgehead atoms. The topological polar surface area (TPSA) is 83.5 Å². The predicted molar refractivity (Wildman–Crippen MR) is 94.7 cm³/mol. The van der Waals surface area contributed by atoms with Crippen molar-refractivity contribution in [2.24, 2.45) is 7.05 Å². The van der Waals surface area contributed by atoms with Crippen LogP contribution in [0.5, 0.6) is 0 Å². The predicted octanol–water partition coefficient (Wildman–Crippen LogP) is 2.72. The van der Waals surface area contributed by atoms with Crippen LogP contribution < -0.4 is 5.69 Å². The van der Waals surface area contributed by atoms with E-state index in [1.807, 2.05) is 35.9 Å². The maximum Gasteiger partial charge on any atom is 0.323 e. The number of rotatable bonds is 4. The first-order valence-corrected chi connectivity index (χ1v) is 8.40. The van der Waals surface area contributed by atoms with Gasteiger partial charge < -0.3 is 14.5 Å². The molecule has 0 radical (unpaired) electrons. The van der Waals surface area contributed by atoms with E-state index in [2.05, 4.69) is 15.0 Å². The van der Waals surface area contributed by atoms with Crippen LogP contribution in [0.15, 0.2) is 52.4 Å². The number of thioether (sulfide) groups is 1. The summed E-state index contributed by atoms with van der Waals surface area (Å²) in [5.41, 5.74) is 3.59. The number of H-pyrrole nitrogens is 2. The zero-order valence-electron chi connectivity index (χ0n) is 12.9. The molecule has 2 aromatic carbocycles. The molecule has 0 aliphatic heterocycles. The second-order valence-corrected chi connectivity index (χ2v) is 6.44. The molecular weight excluding hydrogens is 324 g/mol. The van der Waals surface area contributed by atoms with E-state index in [1.165, 1.54) is 11.8 Å². The Kier molecular flexibility index (Phi) is 3.50. The fraction of sp³-hybridized carbons (Fsp3) is 0.118. The highest BCUT2D eigenvalue weighted by molar-refractivity contribution is 7.99. The molecule has 0 unspecified atom stereocenters. The van der Waals surface area contributed by atoms with E-state index < -0.39 is 0 Å². The number of para-hydroxylation sites is 2. The fourth-order valence-electron chi connectivity index (χ4n) is 2.67. The highest BCUT2D eigenvalue weighted by Crippen LogP contribution is 2.23. The van der Waals surface area contributed by atoms with Crippen molar-refractivity contribution in [1.82, 2.24) is 19.5 Å². The third-order valence-electron chi connectivity index (χ3n) is 3.92. The van der Waals surface area contributed by atoms with Crippen molar-refractivity contribution in [2.75, 3.05) is 5.75 Å². The average Bonchev–Trinajstić information content (AvgIpc) is 3.11. The summed E-state index contributed by atoms with van der Waals surface area (Å²) in [7, 11) is 1.94. The van der Waals surface area contributed by atoms with Crippen molar-refractivity contribution < 1.29 is 4.79 Å². The lowest BCUT2D eigenvalue weighted by atomic mass is 10.1. The lowest BCUT2D eigenvalue weighted by Crippen LogP contribution is -2.03. The van der Waals surface area contributed by atoms with E-state index in [0.29, 0.717) is 16.6 Å². The summed E-state index contributed by atoms with van der Waals surface area (Å²) in [6.45, 7) is 0. The lowest BCUT2D eigenvalue weighted by Gasteiger charge is -2.02. The van der Waals surface area contributed by atoms with Gasteiger partial charge in [0.2, 0.25) is 0 Å². The van der Waals surface area contributed by atoms with E-state index in [4.69, 9.17) is 0 Å². The summed E-state index contributed by atoms with van der Waals surface area (Å²) < 4.78 is 1.99. The standard InChI is InChI=1S/C17H14N4O2S/c1-21-14-5-3-2-4-12(14)20-17(21)24-9-15(22)10-6-7-11-13(8-10)19-16(23)18-11/h2-8H,9H2,1H3,(H2,18,19,23). The summed E-state index contributed by atoms with van der Waals surface area (Å²) in [4.78, 5) is 33.6. The Labute approximate surface area is 140 Å². The summed E-state index contributed by atoms with van der Waals surface area (Å²) in [6.07, 6.45) is 0. The number of imidazole rings is 2. The molecule has 2 N–H and O–H groups in total. The highest BCUT2D eigenvalue weighted by Gasteiger charge is 2.12. The van der Waals surface area contributed by atoms with Crippen LogP contribution in [0.2, 0.25) is 0 Å². The quantitative estimate of drug-likeness (QED) is 0.443. The number of carbonyl (C=O) groups excluding carboxylic acids is 1. The van der Waals surface area contributed by atoms with Gasteiger partial charge in [-0.15, -0.1) is 0 Å². The maximum atomic E-state index is 12.4. The second kappa shape index (κ2) is 5.68. The number of ketones is 1. The Morgan fingerprint density at radius 1 is 1.17 bits per heavy atom. The van der Waals surface area contributed by atoms with Crippen molar-refractivity contribution in [3.05, 3.63) is 58.5 Å². The minimum absolute atomic E-state index is 0.00370. The molecule has 120 valence electrons. The number of hydrogen-bond donors (Lipinski definition) is 2. The summed E-state index contributed by atoms with van der Waals surface area (Å²) >= 11 is 1.41. The Bertz CT molecular complexity index is 1120. The van der Waals surface area contributed by atoms with Crippen molar-refractivity contribution in [3.8, 4) is 0 Å². The molecule has 24 heavy (non-hydrogen) atoms. The third kappa shape index (κ3) is 2.52. The second-order valence-electron chi connectivity index (χ2n) is 5.49. The van der Waals surface area contributed by atoms with E-state index in [0.717, 1.165) is 16.2 Å². The number of hydrogen-bond acceptors (Lipinski definition) is 4. The number of aryl methyl sites for hydroxylation is 1. The SMILES string of the molecule is Cn1c(SCC(=O)c2ccc3[nH]c(=O)[nH]c3c2)nc2ccccc21. The molecule has 2 heterocycles. The number of nitrogens with zero attached hydrogens (tertiary/aromatic N) is 2. The summed E-state index contributed by atoms with van der Waals surface area (Å²) in [5, 5.41) is 0.806. The lowest BCUT2D eigenvalue weighted by molar-refractivity contribution is 0.102. The van der Waals surface area contributed by atoms with Gasteiger partial charge in [-0.1, -0.05) is 23.9 Å². The Morgan fingerprint density at radius 3 is 2.79 bits per heavy atom. The molecule has 2 aromatic heterocycles. The smallest absolute Gasteiger partial charge is 0.322 e. The minimum Gasteiger partial charge on any atom is -0.322 e. The average molecular weight is 338 g/mol. The van der Waals surface area contributed by atoms with Gasteiger partial charge in [-0.3, -0.25) is 4.79 Å². The van der Waals surface area contributed by atoms with Crippen molar-refractivity contribution in [2.45, 2.75) is 5.16 Å². The Hall–Kier alpha value is -2.80. The van der Waals surface area contributed by atoms with Crippen LogP contribution in [-0.2, 0) is 7.05 Å². The number of benzene rings is 2. The van der Waals surface area contributed by atoms with Crippen molar-refractivity contribution in [3.63, 3.8) is 0 Å². The molecule has 0 fully saturated rings. The van der Waals surface area contributed by atoms with Crippen LogP contribution in [0.25, 0.3) is 22.1 Å². The van der Waals surface area contributed by atoms with Crippen LogP contribution in [0.4, 0.5) is 0 Å². The number of carbonyl (C=O) groups is 1. The van der Waals surface area contributed by atoms with Gasteiger partial charge in [0.1, 0.15) is 0 Å². The number of aromatic nitrogens is 4. The largest absolute Gasteiger partial charge is 0.323 e. The third-order valence-corrected chi connectivity index (χ3v) is 4.95. The van der Waals surface area contributed by atoms with Crippen LogP contribution >= 0.6 is 11.8 Å². The van der Waals surface area contributed by atoms with Gasteiger partial charge in [0.15, 0.2) is 10.9 Å². The van der Waals surface area contributed by atoms with Gasteiger partial charge >= 0.3 is 5.69 Å². The molecule has 4 aromatic rings. The van der Waals surface area contributed by atoms with Crippen LogP contribution in [0.3, 0.4) is 0 Å². The Morgan fingerprint density at radius 2 is 1.96 bits per heavy atom. The van der Waals surface area contributed by atoms with Crippen LogP contribution in [-0.4, -0.2) is 31.1 Å². The molecule has 0 aliphatic carbocycles. The monoisotopic (exact) mass is 338 g/mol. The zero-order valence-corrected chi connectivity index (χ0v) is 13.7. The normalized spacial score (nSPS) is 11.4. The molecule has 0 atom stereocenters. The first-order chi connectivity index (χ1) is 11.6. The van der Waals surface area contributed by atoms with Gasteiger partial charge in [-0.25, -0.2) is 9.78 Å². The first kappa shape index (κ1) is 14.8. The van der Waals surface area contributed by atoms with E-state index in [1.54, 1.807) is 18.2 Å². The van der Waals surface area contributed by atoms with Crippen LogP contribution in [0.1, 0.15) is 10.4 Å². The molecule has 0 spiro atoms. The van der Waals surface area contributed by atoms with Gasteiger partial charge in [-0.05, 0) is 30.3 Å². The Balaban J connectivity index is 1.56. The van der Waals surface area contributed by atoms with Gasteiger partial charge in [0, 0.05) is 12.6 Å². The molecule has 7 heteroatoms. The highest BCUT2D eigenvalue weighted by atomic mass is 32.2. The molecule has 0 saturated heterocycles. The molecule has 0 aliphatic rings. The molecule has 0 saturated carbocycles. The summed E-state index contributed by atoms with van der Waals surface area (Å²) in [6, 6.07) is 13.0. The van der Waals surface area contributed by atoms with Gasteiger partial charge in [0.05, 0.1) is 27.8 Å². The number of aromatic amines is 2. The summed E-state index contributed by atoms with van der Waals surface area (Å²) in [5.74, 6) is 0.285. The van der Waals surface area contributed by atoms with Crippen LogP contribution in [0, 0.1) is 0 Å². The first-order valence-electron chi connectivity index (χ1n) is 7.41. The van der Waals surface area contributed by atoms with Crippen molar-refractivity contribution >= 4 is 39.6 Å². The maximum absolute atomic E-state index is 12.4. The van der Waals surface area contributed by atoms with E-state index in [-0.39, 0.29) is 17.2 Å². The molecular formula is C17H14N4O2S.